The van der Waals surface area contributed by atoms with Gasteiger partial charge in [-0.25, -0.2) is 9.97 Å². The molecular weight excluding hydrogens is 348 g/mol. The summed E-state index contributed by atoms with van der Waals surface area (Å²) in [4.78, 5) is 25.2. The van der Waals surface area contributed by atoms with Gasteiger partial charge in [-0.3, -0.25) is 4.79 Å². The van der Waals surface area contributed by atoms with Gasteiger partial charge in [0.25, 0.3) is 5.91 Å². The lowest BCUT2D eigenvalue weighted by molar-refractivity contribution is 0.100. The average Bonchev–Trinajstić information content (AvgIpc) is 3.11. The third kappa shape index (κ3) is 3.09. The maximum Gasteiger partial charge on any atom is 0.250 e. The molecule has 0 bridgehead atoms. The van der Waals surface area contributed by atoms with Crippen LogP contribution in [0.5, 0.6) is 0 Å². The van der Waals surface area contributed by atoms with Crippen molar-refractivity contribution in [3.05, 3.63) is 66.0 Å². The number of fused-ring (bicyclic) bond motifs is 1. The van der Waals surface area contributed by atoms with Crippen LogP contribution in [0.25, 0.3) is 21.6 Å². The van der Waals surface area contributed by atoms with Crippen molar-refractivity contribution in [3.63, 3.8) is 0 Å². The highest BCUT2D eigenvalue weighted by atomic mass is 32.1. The fourth-order valence-electron chi connectivity index (χ4n) is 2.59. The first kappa shape index (κ1) is 16.1. The third-order valence-corrected chi connectivity index (χ3v) is 4.70. The van der Waals surface area contributed by atoms with Crippen LogP contribution in [0.15, 0.2) is 54.9 Å². The zero-order valence-corrected chi connectivity index (χ0v) is 14.4. The highest BCUT2D eigenvalue weighted by Crippen LogP contribution is 2.32. The summed E-state index contributed by atoms with van der Waals surface area (Å²) in [5, 5.41) is 3.99. The Balaban J connectivity index is 1.65. The van der Waals surface area contributed by atoms with E-state index in [-0.39, 0.29) is 0 Å². The van der Waals surface area contributed by atoms with Crippen molar-refractivity contribution < 1.29 is 4.79 Å². The summed E-state index contributed by atoms with van der Waals surface area (Å²) in [5.74, 6) is 0.476. The first-order valence-electron chi connectivity index (χ1n) is 7.88. The van der Waals surface area contributed by atoms with E-state index >= 15 is 0 Å². The number of nitrogens with one attached hydrogen (secondary N) is 1. The fraction of sp³-hybridized carbons (Fsp3) is 0.0556. The van der Waals surface area contributed by atoms with Gasteiger partial charge in [0.05, 0.1) is 11.1 Å². The minimum Gasteiger partial charge on any atom is -0.366 e. The second-order valence-corrected chi connectivity index (χ2v) is 6.32. The lowest BCUT2D eigenvalue weighted by Gasteiger charge is -2.05. The summed E-state index contributed by atoms with van der Waals surface area (Å²) in [6.07, 6.45) is 1.46. The number of aromatic nitrogens is 4. The van der Waals surface area contributed by atoms with Crippen LogP contribution in [-0.4, -0.2) is 25.2 Å². The lowest BCUT2D eigenvalue weighted by Crippen LogP contribution is -2.11. The molecule has 0 radical (unpaired) electrons. The molecule has 1 amide bonds. The van der Waals surface area contributed by atoms with Gasteiger partial charge in [0.1, 0.15) is 11.2 Å². The maximum absolute atomic E-state index is 11.6. The topological polar surface area (TPSA) is 107 Å². The molecule has 0 saturated heterocycles. The number of nitrogens with two attached hydrogens (primary N) is 1. The van der Waals surface area contributed by atoms with Crippen LogP contribution in [0, 0.1) is 0 Å². The van der Waals surface area contributed by atoms with Crippen molar-refractivity contribution in [2.45, 2.75) is 6.54 Å². The zero-order valence-electron chi connectivity index (χ0n) is 13.6. The smallest absolute Gasteiger partial charge is 0.250 e. The number of hydrogen-bond donors (Lipinski definition) is 2. The van der Waals surface area contributed by atoms with Gasteiger partial charge in [0.2, 0.25) is 5.95 Å². The molecule has 128 valence electrons. The van der Waals surface area contributed by atoms with E-state index in [4.69, 9.17) is 5.73 Å². The molecule has 0 unspecified atom stereocenters. The summed E-state index contributed by atoms with van der Waals surface area (Å²) < 4.78 is 4.36. The first-order valence-corrected chi connectivity index (χ1v) is 8.65. The summed E-state index contributed by atoms with van der Waals surface area (Å²) in [6, 6.07) is 15.3. The van der Waals surface area contributed by atoms with Crippen LogP contribution >= 0.6 is 11.5 Å². The molecule has 2 aromatic carbocycles. The summed E-state index contributed by atoms with van der Waals surface area (Å²) >= 11 is 1.23. The Labute approximate surface area is 153 Å². The molecule has 0 atom stereocenters. The number of hydrogen-bond acceptors (Lipinski definition) is 7. The van der Waals surface area contributed by atoms with Crippen molar-refractivity contribution in [3.8, 4) is 10.7 Å². The van der Waals surface area contributed by atoms with Crippen molar-refractivity contribution in [2.24, 2.45) is 5.73 Å². The maximum atomic E-state index is 11.6. The number of primary amides is 1. The number of nitrogens with zero attached hydrogens (tertiary/aromatic N) is 4. The standard InChI is InChI=1S/C18H14N6OS/c19-16(25)13-8-4-7-12-14(13)24-26-15(12)17-21-10-22-18(23-17)20-9-11-5-2-1-3-6-11/h1-8,10H,9H2,(H2,19,25)(H,20,21,22,23). The Morgan fingerprint density at radius 3 is 2.73 bits per heavy atom. The normalized spacial score (nSPS) is 10.8. The molecule has 0 aliphatic carbocycles. The van der Waals surface area contributed by atoms with Gasteiger partial charge in [-0.2, -0.15) is 9.36 Å². The van der Waals surface area contributed by atoms with E-state index in [1.54, 1.807) is 12.1 Å². The molecule has 4 rings (SSSR count). The fourth-order valence-corrected chi connectivity index (χ4v) is 3.42. The Morgan fingerprint density at radius 1 is 1.08 bits per heavy atom. The first-order chi connectivity index (χ1) is 12.7. The van der Waals surface area contributed by atoms with Crippen LogP contribution in [0.1, 0.15) is 15.9 Å². The van der Waals surface area contributed by atoms with Gasteiger partial charge >= 0.3 is 0 Å². The minimum atomic E-state index is -0.506. The number of benzene rings is 2. The van der Waals surface area contributed by atoms with E-state index < -0.39 is 5.91 Å². The Morgan fingerprint density at radius 2 is 1.92 bits per heavy atom. The van der Waals surface area contributed by atoms with Crippen molar-refractivity contribution in [1.29, 1.82) is 0 Å². The van der Waals surface area contributed by atoms with Crippen LogP contribution in [-0.2, 0) is 6.54 Å². The number of anilines is 1. The summed E-state index contributed by atoms with van der Waals surface area (Å²) in [7, 11) is 0. The highest BCUT2D eigenvalue weighted by Gasteiger charge is 2.16. The van der Waals surface area contributed by atoms with Crippen molar-refractivity contribution >= 4 is 34.3 Å². The molecular formula is C18H14N6OS. The SMILES string of the molecule is NC(=O)c1cccc2c(-c3ncnc(NCc4ccccc4)n3)snc12. The predicted molar refractivity (Wildman–Crippen MR) is 101 cm³/mol. The molecule has 7 nitrogen and oxygen atoms in total. The second kappa shape index (κ2) is 6.85. The van der Waals surface area contributed by atoms with Crippen LogP contribution in [0.2, 0.25) is 0 Å². The Bertz CT molecular complexity index is 1080. The van der Waals surface area contributed by atoms with Crippen LogP contribution < -0.4 is 11.1 Å². The Hall–Kier alpha value is -3.39. The molecule has 0 fully saturated rings. The van der Waals surface area contributed by atoms with Gasteiger partial charge in [0.15, 0.2) is 5.82 Å². The van der Waals surface area contributed by atoms with E-state index in [0.29, 0.717) is 29.4 Å². The van der Waals surface area contributed by atoms with Gasteiger partial charge in [-0.1, -0.05) is 42.5 Å². The van der Waals surface area contributed by atoms with E-state index in [1.807, 2.05) is 36.4 Å². The third-order valence-electron chi connectivity index (χ3n) is 3.84. The predicted octanol–water partition coefficient (Wildman–Crippen LogP) is 2.86. The number of rotatable bonds is 5. The van der Waals surface area contributed by atoms with Crippen LogP contribution in [0.4, 0.5) is 5.95 Å². The van der Waals surface area contributed by atoms with Crippen molar-refractivity contribution in [2.75, 3.05) is 5.32 Å². The zero-order chi connectivity index (χ0) is 17.9. The molecule has 0 saturated carbocycles. The molecule has 4 aromatic rings. The highest BCUT2D eigenvalue weighted by molar-refractivity contribution is 7.11. The van der Waals surface area contributed by atoms with Crippen LogP contribution in [0.3, 0.4) is 0 Å². The van der Waals surface area contributed by atoms with E-state index in [9.17, 15) is 4.79 Å². The van der Waals surface area contributed by atoms with E-state index in [1.165, 1.54) is 17.9 Å². The molecule has 26 heavy (non-hydrogen) atoms. The molecule has 3 N–H and O–H groups in total. The molecule has 0 aliphatic rings. The number of carbonyl (C=O) groups excluding carboxylic acids is 1. The van der Waals surface area contributed by atoms with Gasteiger partial charge in [-0.15, -0.1) is 0 Å². The largest absolute Gasteiger partial charge is 0.366 e. The van der Waals surface area contributed by atoms with Gasteiger partial charge < -0.3 is 11.1 Å². The van der Waals surface area contributed by atoms with Crippen molar-refractivity contribution in [1.82, 2.24) is 19.3 Å². The van der Waals surface area contributed by atoms with E-state index in [0.717, 1.165) is 15.8 Å². The lowest BCUT2D eigenvalue weighted by atomic mass is 10.1. The molecule has 2 aromatic heterocycles. The quantitative estimate of drug-likeness (QED) is 0.565. The summed E-state index contributed by atoms with van der Waals surface area (Å²) in [6.45, 7) is 0.611. The average molecular weight is 362 g/mol. The molecule has 0 aliphatic heterocycles. The van der Waals surface area contributed by atoms with Gasteiger partial charge in [-0.05, 0) is 23.2 Å². The monoisotopic (exact) mass is 362 g/mol. The molecule has 2 heterocycles. The summed E-state index contributed by atoms with van der Waals surface area (Å²) in [5.41, 5.74) is 7.51. The second-order valence-electron chi connectivity index (χ2n) is 5.55. The van der Waals surface area contributed by atoms with E-state index in [2.05, 4.69) is 24.6 Å². The van der Waals surface area contributed by atoms with Gasteiger partial charge in [0, 0.05) is 11.9 Å². The minimum absolute atomic E-state index is 0.390. The molecule has 8 heteroatoms. The number of carbonyl (C=O) groups is 1. The number of amides is 1. The Kier molecular flexibility index (Phi) is 4.24. The molecule has 0 spiro atoms.